The summed E-state index contributed by atoms with van der Waals surface area (Å²) >= 11 is 1.80. The molecule has 4 heteroatoms. The van der Waals surface area contributed by atoms with Crippen molar-refractivity contribution in [3.63, 3.8) is 0 Å². The highest BCUT2D eigenvalue weighted by Gasteiger charge is 2.21. The predicted octanol–water partition coefficient (Wildman–Crippen LogP) is 2.36. The molecule has 1 fully saturated rings. The molecule has 1 aromatic heterocycles. The van der Waals surface area contributed by atoms with Crippen molar-refractivity contribution >= 4 is 11.3 Å². The number of hydrogen-bond donors (Lipinski definition) is 1. The van der Waals surface area contributed by atoms with Gasteiger partial charge in [0.15, 0.2) is 0 Å². The molecular weight excluding hydrogens is 220 g/mol. The molecule has 1 aromatic rings. The summed E-state index contributed by atoms with van der Waals surface area (Å²) in [6.45, 7) is 6.19. The summed E-state index contributed by atoms with van der Waals surface area (Å²) in [6.07, 6.45) is 5.82. The van der Waals surface area contributed by atoms with Gasteiger partial charge in [-0.25, -0.2) is 4.98 Å². The molecule has 16 heavy (non-hydrogen) atoms. The third-order valence-electron chi connectivity index (χ3n) is 3.02. The molecule has 2 rings (SSSR count). The smallest absolute Gasteiger partial charge is 0.0925 e. The highest BCUT2D eigenvalue weighted by molar-refractivity contribution is 7.11. The summed E-state index contributed by atoms with van der Waals surface area (Å²) in [6, 6.07) is 0.440. The Morgan fingerprint density at radius 3 is 3.19 bits per heavy atom. The Kier molecular flexibility index (Phi) is 4.32. The summed E-state index contributed by atoms with van der Waals surface area (Å²) in [5.41, 5.74) is 0. The van der Waals surface area contributed by atoms with Crippen molar-refractivity contribution < 1.29 is 4.74 Å². The van der Waals surface area contributed by atoms with Gasteiger partial charge in [-0.05, 0) is 26.2 Å². The molecule has 0 spiro atoms. The van der Waals surface area contributed by atoms with E-state index in [-0.39, 0.29) is 0 Å². The standard InChI is InChI=1S/C12H20N2OS/c1-3-12-14-8-10(16-12)7-13-9(2)11-5-4-6-15-11/h8-9,11,13H,3-7H2,1-2H3. The number of hydrogen-bond acceptors (Lipinski definition) is 4. The van der Waals surface area contributed by atoms with Gasteiger partial charge in [0.05, 0.1) is 11.1 Å². The molecule has 0 bridgehead atoms. The number of nitrogens with zero attached hydrogens (tertiary/aromatic N) is 1. The molecule has 1 saturated heterocycles. The van der Waals surface area contributed by atoms with Crippen LogP contribution in [0.5, 0.6) is 0 Å². The lowest BCUT2D eigenvalue weighted by Gasteiger charge is -2.19. The SMILES string of the molecule is CCc1ncc(CNC(C)C2CCCO2)s1. The van der Waals surface area contributed by atoms with Crippen LogP contribution in [-0.4, -0.2) is 23.7 Å². The van der Waals surface area contributed by atoms with Crippen LogP contribution in [0.25, 0.3) is 0 Å². The van der Waals surface area contributed by atoms with Crippen molar-refractivity contribution in [2.24, 2.45) is 0 Å². The van der Waals surface area contributed by atoms with Gasteiger partial charge >= 0.3 is 0 Å². The molecule has 2 heterocycles. The second-order valence-electron chi connectivity index (χ2n) is 4.29. The van der Waals surface area contributed by atoms with Crippen molar-refractivity contribution in [1.82, 2.24) is 10.3 Å². The van der Waals surface area contributed by atoms with Crippen molar-refractivity contribution in [2.75, 3.05) is 6.61 Å². The van der Waals surface area contributed by atoms with Crippen molar-refractivity contribution in [2.45, 2.75) is 51.8 Å². The lowest BCUT2D eigenvalue weighted by atomic mass is 10.1. The zero-order valence-electron chi connectivity index (χ0n) is 10.0. The average Bonchev–Trinajstić information content (AvgIpc) is 2.96. The molecule has 1 aliphatic heterocycles. The van der Waals surface area contributed by atoms with E-state index < -0.39 is 0 Å². The van der Waals surface area contributed by atoms with Crippen LogP contribution in [0.4, 0.5) is 0 Å². The van der Waals surface area contributed by atoms with Gasteiger partial charge in [-0.1, -0.05) is 6.92 Å². The zero-order chi connectivity index (χ0) is 11.4. The van der Waals surface area contributed by atoms with E-state index in [9.17, 15) is 0 Å². The average molecular weight is 240 g/mol. The highest BCUT2D eigenvalue weighted by Crippen LogP contribution is 2.17. The number of aromatic nitrogens is 1. The highest BCUT2D eigenvalue weighted by atomic mass is 32.1. The third-order valence-corrected chi connectivity index (χ3v) is 4.17. The van der Waals surface area contributed by atoms with Crippen LogP contribution in [0.15, 0.2) is 6.20 Å². The maximum Gasteiger partial charge on any atom is 0.0925 e. The van der Waals surface area contributed by atoms with Crippen molar-refractivity contribution in [1.29, 1.82) is 0 Å². The summed E-state index contributed by atoms with van der Waals surface area (Å²) in [7, 11) is 0. The normalized spacial score (nSPS) is 22.5. The summed E-state index contributed by atoms with van der Waals surface area (Å²) < 4.78 is 5.65. The van der Waals surface area contributed by atoms with E-state index in [0.29, 0.717) is 12.1 Å². The van der Waals surface area contributed by atoms with Crippen molar-refractivity contribution in [3.8, 4) is 0 Å². The maximum absolute atomic E-state index is 5.65. The Morgan fingerprint density at radius 1 is 1.69 bits per heavy atom. The first-order chi connectivity index (χ1) is 7.79. The molecule has 0 radical (unpaired) electrons. The Labute approximate surface area is 101 Å². The van der Waals surface area contributed by atoms with Gasteiger partial charge in [0.2, 0.25) is 0 Å². The van der Waals surface area contributed by atoms with Crippen LogP contribution in [0.3, 0.4) is 0 Å². The molecular formula is C12H20N2OS. The molecule has 0 amide bonds. The number of ether oxygens (including phenoxy) is 1. The molecule has 3 nitrogen and oxygen atoms in total. The first-order valence-corrected chi connectivity index (χ1v) is 6.89. The number of nitrogens with one attached hydrogen (secondary N) is 1. The largest absolute Gasteiger partial charge is 0.377 e. The Hall–Kier alpha value is -0.450. The van der Waals surface area contributed by atoms with Crippen LogP contribution in [0, 0.1) is 0 Å². The van der Waals surface area contributed by atoms with Crippen LogP contribution in [0.1, 0.15) is 36.6 Å². The molecule has 1 N–H and O–H groups in total. The fourth-order valence-corrected chi connectivity index (χ4v) is 2.80. The first-order valence-electron chi connectivity index (χ1n) is 6.08. The topological polar surface area (TPSA) is 34.2 Å². The van der Waals surface area contributed by atoms with Crippen LogP contribution >= 0.6 is 11.3 Å². The van der Waals surface area contributed by atoms with E-state index >= 15 is 0 Å². The molecule has 2 unspecified atom stereocenters. The summed E-state index contributed by atoms with van der Waals surface area (Å²) in [5.74, 6) is 0. The number of aryl methyl sites for hydroxylation is 1. The van der Waals surface area contributed by atoms with Crippen LogP contribution in [-0.2, 0) is 17.7 Å². The van der Waals surface area contributed by atoms with Gasteiger partial charge in [-0.3, -0.25) is 0 Å². The Bertz CT molecular complexity index is 321. The third kappa shape index (κ3) is 3.03. The Balaban J connectivity index is 1.77. The minimum absolute atomic E-state index is 0.401. The predicted molar refractivity (Wildman–Crippen MR) is 66.8 cm³/mol. The van der Waals surface area contributed by atoms with E-state index in [4.69, 9.17) is 4.74 Å². The van der Waals surface area contributed by atoms with E-state index in [1.165, 1.54) is 22.7 Å². The van der Waals surface area contributed by atoms with Gasteiger partial charge in [0, 0.05) is 30.3 Å². The lowest BCUT2D eigenvalue weighted by molar-refractivity contribution is 0.0833. The van der Waals surface area contributed by atoms with E-state index in [0.717, 1.165) is 19.6 Å². The van der Waals surface area contributed by atoms with E-state index in [1.54, 1.807) is 11.3 Å². The van der Waals surface area contributed by atoms with Gasteiger partial charge in [-0.15, -0.1) is 11.3 Å². The fraction of sp³-hybridized carbons (Fsp3) is 0.750. The summed E-state index contributed by atoms with van der Waals surface area (Å²) in [4.78, 5) is 5.68. The first kappa shape index (κ1) is 12.0. The van der Waals surface area contributed by atoms with Crippen LogP contribution in [0.2, 0.25) is 0 Å². The van der Waals surface area contributed by atoms with Gasteiger partial charge in [0.25, 0.3) is 0 Å². The quantitative estimate of drug-likeness (QED) is 0.858. The molecule has 1 aliphatic rings. The molecule has 90 valence electrons. The maximum atomic E-state index is 5.65. The molecule has 0 saturated carbocycles. The second-order valence-corrected chi connectivity index (χ2v) is 5.49. The Morgan fingerprint density at radius 2 is 2.56 bits per heavy atom. The minimum atomic E-state index is 0.401. The van der Waals surface area contributed by atoms with E-state index in [1.807, 2.05) is 6.20 Å². The molecule has 0 aromatic carbocycles. The van der Waals surface area contributed by atoms with Crippen molar-refractivity contribution in [3.05, 3.63) is 16.1 Å². The minimum Gasteiger partial charge on any atom is -0.377 e. The molecule has 0 aliphatic carbocycles. The second kappa shape index (κ2) is 5.75. The zero-order valence-corrected chi connectivity index (χ0v) is 10.8. The van der Waals surface area contributed by atoms with Crippen LogP contribution < -0.4 is 5.32 Å². The van der Waals surface area contributed by atoms with Gasteiger partial charge in [0.1, 0.15) is 0 Å². The molecule has 2 atom stereocenters. The number of thiazole rings is 1. The summed E-state index contributed by atoms with van der Waals surface area (Å²) in [5, 5.41) is 4.75. The fourth-order valence-electron chi connectivity index (χ4n) is 1.98. The monoisotopic (exact) mass is 240 g/mol. The van der Waals surface area contributed by atoms with E-state index in [2.05, 4.69) is 24.1 Å². The lowest BCUT2D eigenvalue weighted by Crippen LogP contribution is -2.36. The van der Waals surface area contributed by atoms with Gasteiger partial charge in [-0.2, -0.15) is 0 Å². The number of rotatable bonds is 5. The van der Waals surface area contributed by atoms with Gasteiger partial charge < -0.3 is 10.1 Å².